The lowest BCUT2D eigenvalue weighted by Crippen LogP contribution is -2.32. The highest BCUT2D eigenvalue weighted by Gasteiger charge is 2.10. The van der Waals surface area contributed by atoms with Gasteiger partial charge in [0, 0.05) is 24.7 Å². The Labute approximate surface area is 149 Å². The van der Waals surface area contributed by atoms with Crippen LogP contribution in [0.1, 0.15) is 17.5 Å². The molecule has 128 valence electrons. The molecular formula is C21H22N2O2. The summed E-state index contributed by atoms with van der Waals surface area (Å²) in [5.74, 6) is 0.622. The minimum absolute atomic E-state index is 0.0999. The second-order valence-corrected chi connectivity index (χ2v) is 5.54. The molecule has 0 unspecified atom stereocenters. The Morgan fingerprint density at radius 1 is 1.12 bits per heavy atom. The smallest absolute Gasteiger partial charge is 0.246 e. The summed E-state index contributed by atoms with van der Waals surface area (Å²) in [6, 6.07) is 19.7. The minimum Gasteiger partial charge on any atom is -0.496 e. The quantitative estimate of drug-likeness (QED) is 0.692. The molecule has 0 fully saturated rings. The molecule has 2 rings (SSSR count). The van der Waals surface area contributed by atoms with E-state index in [1.54, 1.807) is 24.2 Å². The maximum atomic E-state index is 12.5. The highest BCUT2D eigenvalue weighted by molar-refractivity contribution is 5.92. The summed E-state index contributed by atoms with van der Waals surface area (Å²) in [6.07, 6.45) is 4.38. The molecule has 1 amide bonds. The second kappa shape index (κ2) is 9.94. The summed E-state index contributed by atoms with van der Waals surface area (Å²) in [6.45, 7) is 1.01. The second-order valence-electron chi connectivity index (χ2n) is 5.54. The van der Waals surface area contributed by atoms with Gasteiger partial charge in [-0.15, -0.1) is 0 Å². The van der Waals surface area contributed by atoms with Gasteiger partial charge in [-0.25, -0.2) is 0 Å². The number of nitriles is 1. The zero-order valence-corrected chi connectivity index (χ0v) is 14.4. The molecule has 0 N–H and O–H groups in total. The zero-order chi connectivity index (χ0) is 17.9. The van der Waals surface area contributed by atoms with Crippen molar-refractivity contribution in [2.75, 3.05) is 20.2 Å². The summed E-state index contributed by atoms with van der Waals surface area (Å²) < 4.78 is 5.29. The number of ether oxygens (including phenoxy) is 1. The van der Waals surface area contributed by atoms with Crippen LogP contribution in [0.2, 0.25) is 0 Å². The molecule has 0 aromatic heterocycles. The van der Waals surface area contributed by atoms with Gasteiger partial charge < -0.3 is 9.64 Å². The number of para-hydroxylation sites is 1. The van der Waals surface area contributed by atoms with Gasteiger partial charge in [-0.2, -0.15) is 5.26 Å². The van der Waals surface area contributed by atoms with Crippen LogP contribution in [0.25, 0.3) is 6.08 Å². The predicted molar refractivity (Wildman–Crippen MR) is 99.0 cm³/mol. The standard InChI is InChI=1S/C21H22N2O2/c1-25-20-11-6-5-10-19(20)12-13-21(24)23(16-7-15-22)17-14-18-8-3-2-4-9-18/h2-6,8-13H,7,14,16-17H2,1H3/b13-12+. The average Bonchev–Trinajstić information content (AvgIpc) is 2.67. The third-order valence-electron chi connectivity index (χ3n) is 3.86. The molecule has 4 nitrogen and oxygen atoms in total. The lowest BCUT2D eigenvalue weighted by Gasteiger charge is -2.20. The summed E-state index contributed by atoms with van der Waals surface area (Å²) in [7, 11) is 1.60. The van der Waals surface area contributed by atoms with Gasteiger partial charge in [-0.1, -0.05) is 48.5 Å². The van der Waals surface area contributed by atoms with Crippen LogP contribution in [0, 0.1) is 11.3 Å². The van der Waals surface area contributed by atoms with Gasteiger partial charge in [-0.05, 0) is 24.1 Å². The Kier molecular flexibility index (Phi) is 7.27. The van der Waals surface area contributed by atoms with Crippen molar-refractivity contribution >= 4 is 12.0 Å². The van der Waals surface area contributed by atoms with Gasteiger partial charge in [0.1, 0.15) is 5.75 Å². The third kappa shape index (κ3) is 5.82. The van der Waals surface area contributed by atoms with Crippen LogP contribution in [0.4, 0.5) is 0 Å². The van der Waals surface area contributed by atoms with Crippen LogP contribution in [0.5, 0.6) is 5.75 Å². The fourth-order valence-electron chi connectivity index (χ4n) is 2.50. The molecule has 0 heterocycles. The van der Waals surface area contributed by atoms with E-state index in [1.165, 1.54) is 5.56 Å². The van der Waals surface area contributed by atoms with Crippen molar-refractivity contribution in [2.45, 2.75) is 12.8 Å². The summed E-state index contributed by atoms with van der Waals surface area (Å²) in [4.78, 5) is 14.2. The Bertz CT molecular complexity index is 748. The Morgan fingerprint density at radius 2 is 1.84 bits per heavy atom. The average molecular weight is 334 g/mol. The Balaban J connectivity index is 2.04. The summed E-state index contributed by atoms with van der Waals surface area (Å²) in [5.41, 5.74) is 2.02. The van der Waals surface area contributed by atoms with Crippen LogP contribution in [0.3, 0.4) is 0 Å². The van der Waals surface area contributed by atoms with E-state index in [1.807, 2.05) is 54.6 Å². The molecule has 0 saturated carbocycles. The number of carbonyl (C=O) groups is 1. The van der Waals surface area contributed by atoms with E-state index in [-0.39, 0.29) is 5.91 Å². The number of carbonyl (C=O) groups excluding carboxylic acids is 1. The van der Waals surface area contributed by atoms with Gasteiger partial charge in [0.05, 0.1) is 19.6 Å². The number of nitrogens with zero attached hydrogens (tertiary/aromatic N) is 2. The first-order chi connectivity index (χ1) is 12.2. The summed E-state index contributed by atoms with van der Waals surface area (Å²) in [5, 5.41) is 8.84. The molecule has 0 aliphatic carbocycles. The van der Waals surface area contributed by atoms with Crippen LogP contribution in [-0.2, 0) is 11.2 Å². The maximum Gasteiger partial charge on any atom is 0.246 e. The molecule has 0 spiro atoms. The van der Waals surface area contributed by atoms with Crippen molar-refractivity contribution < 1.29 is 9.53 Å². The zero-order valence-electron chi connectivity index (χ0n) is 14.4. The highest BCUT2D eigenvalue weighted by atomic mass is 16.5. The molecule has 2 aromatic rings. The monoisotopic (exact) mass is 334 g/mol. The number of methoxy groups -OCH3 is 1. The molecule has 0 atom stereocenters. The van der Waals surface area contributed by atoms with Gasteiger partial charge in [0.2, 0.25) is 5.91 Å². The van der Waals surface area contributed by atoms with Crippen LogP contribution < -0.4 is 4.74 Å². The van der Waals surface area contributed by atoms with Crippen LogP contribution in [0.15, 0.2) is 60.7 Å². The van der Waals surface area contributed by atoms with Crippen molar-refractivity contribution in [3.05, 3.63) is 71.8 Å². The number of rotatable bonds is 8. The first kappa shape index (κ1) is 18.3. The molecule has 0 aliphatic heterocycles. The molecule has 0 bridgehead atoms. The Hall–Kier alpha value is -3.06. The topological polar surface area (TPSA) is 53.3 Å². The SMILES string of the molecule is COc1ccccc1/C=C/C(=O)N(CCC#N)CCc1ccccc1. The maximum absolute atomic E-state index is 12.5. The van der Waals surface area contributed by atoms with E-state index in [9.17, 15) is 4.79 Å². The fourth-order valence-corrected chi connectivity index (χ4v) is 2.50. The summed E-state index contributed by atoms with van der Waals surface area (Å²) >= 11 is 0. The number of hydrogen-bond acceptors (Lipinski definition) is 3. The molecule has 0 saturated heterocycles. The van der Waals surface area contributed by atoms with E-state index in [4.69, 9.17) is 10.00 Å². The van der Waals surface area contributed by atoms with E-state index < -0.39 is 0 Å². The van der Waals surface area contributed by atoms with Crippen molar-refractivity contribution in [3.8, 4) is 11.8 Å². The minimum atomic E-state index is -0.0999. The first-order valence-electron chi connectivity index (χ1n) is 8.25. The van der Waals surface area contributed by atoms with Gasteiger partial charge in [-0.3, -0.25) is 4.79 Å². The Morgan fingerprint density at radius 3 is 2.56 bits per heavy atom. The van der Waals surface area contributed by atoms with Crippen molar-refractivity contribution in [1.82, 2.24) is 4.90 Å². The van der Waals surface area contributed by atoms with Crippen molar-refractivity contribution in [1.29, 1.82) is 5.26 Å². The predicted octanol–water partition coefficient (Wildman–Crippen LogP) is 3.69. The normalized spacial score (nSPS) is 10.4. The molecule has 0 aliphatic rings. The molecule has 2 aromatic carbocycles. The van der Waals surface area contributed by atoms with Crippen LogP contribution >= 0.6 is 0 Å². The number of hydrogen-bond donors (Lipinski definition) is 0. The van der Waals surface area contributed by atoms with E-state index in [0.29, 0.717) is 19.5 Å². The van der Waals surface area contributed by atoms with E-state index in [0.717, 1.165) is 17.7 Å². The van der Waals surface area contributed by atoms with Gasteiger partial charge in [0.15, 0.2) is 0 Å². The fraction of sp³-hybridized carbons (Fsp3) is 0.238. The van der Waals surface area contributed by atoms with Gasteiger partial charge >= 0.3 is 0 Å². The third-order valence-corrected chi connectivity index (χ3v) is 3.86. The number of benzene rings is 2. The molecular weight excluding hydrogens is 312 g/mol. The van der Waals surface area contributed by atoms with Crippen LogP contribution in [-0.4, -0.2) is 31.0 Å². The number of amides is 1. The molecule has 0 radical (unpaired) electrons. The van der Waals surface area contributed by atoms with E-state index >= 15 is 0 Å². The first-order valence-corrected chi connectivity index (χ1v) is 8.25. The lowest BCUT2D eigenvalue weighted by atomic mass is 10.1. The van der Waals surface area contributed by atoms with Crippen molar-refractivity contribution in [3.63, 3.8) is 0 Å². The van der Waals surface area contributed by atoms with E-state index in [2.05, 4.69) is 6.07 Å². The molecule has 4 heteroatoms. The van der Waals surface area contributed by atoms with Crippen molar-refractivity contribution in [2.24, 2.45) is 0 Å². The highest BCUT2D eigenvalue weighted by Crippen LogP contribution is 2.18. The van der Waals surface area contributed by atoms with Gasteiger partial charge in [0.25, 0.3) is 0 Å². The lowest BCUT2D eigenvalue weighted by molar-refractivity contribution is -0.125. The largest absolute Gasteiger partial charge is 0.496 e. The molecule has 25 heavy (non-hydrogen) atoms.